The summed E-state index contributed by atoms with van der Waals surface area (Å²) in [6.45, 7) is 0.542. The van der Waals surface area contributed by atoms with Crippen molar-refractivity contribution >= 4 is 34.8 Å². The average Bonchev–Trinajstić information content (AvgIpc) is 2.88. The van der Waals surface area contributed by atoms with E-state index in [0.717, 1.165) is 11.4 Å². The number of nitrogens with two attached hydrogens (primary N) is 1. The Labute approximate surface area is 139 Å². The largest absolute Gasteiger partial charge is 0.380 e. The maximum atomic E-state index is 12.2. The van der Waals surface area contributed by atoms with Gasteiger partial charge in [-0.05, 0) is 36.4 Å². The van der Waals surface area contributed by atoms with Gasteiger partial charge in [-0.3, -0.25) is 9.59 Å². The van der Waals surface area contributed by atoms with Crippen LogP contribution in [0.15, 0.2) is 48.5 Å². The third kappa shape index (κ3) is 3.29. The highest BCUT2D eigenvalue weighted by atomic mass is 35.5. The Kier molecular flexibility index (Phi) is 4.21. The van der Waals surface area contributed by atoms with Crippen LogP contribution in [-0.2, 0) is 4.79 Å². The smallest absolute Gasteiger partial charge is 0.248 e. The van der Waals surface area contributed by atoms with Gasteiger partial charge in [-0.25, -0.2) is 0 Å². The second kappa shape index (κ2) is 6.30. The number of nitrogens with one attached hydrogen (secondary N) is 1. The number of halogens is 1. The SMILES string of the molecule is NC(=O)c1ccc(NC2CC(=O)N(c3ccccc3Cl)C2)cc1. The van der Waals surface area contributed by atoms with Crippen molar-refractivity contribution in [1.82, 2.24) is 0 Å². The summed E-state index contributed by atoms with van der Waals surface area (Å²) in [7, 11) is 0. The minimum Gasteiger partial charge on any atom is -0.380 e. The van der Waals surface area contributed by atoms with Crippen molar-refractivity contribution < 1.29 is 9.59 Å². The highest BCUT2D eigenvalue weighted by molar-refractivity contribution is 6.33. The fraction of sp³-hybridized carbons (Fsp3) is 0.176. The van der Waals surface area contributed by atoms with Gasteiger partial charge >= 0.3 is 0 Å². The number of para-hydroxylation sites is 1. The first-order valence-corrected chi connectivity index (χ1v) is 7.63. The van der Waals surface area contributed by atoms with Gasteiger partial charge in [-0.1, -0.05) is 23.7 Å². The molecule has 0 radical (unpaired) electrons. The zero-order chi connectivity index (χ0) is 16.4. The maximum absolute atomic E-state index is 12.2. The van der Waals surface area contributed by atoms with Crippen LogP contribution in [0.3, 0.4) is 0 Å². The van der Waals surface area contributed by atoms with E-state index in [-0.39, 0.29) is 11.9 Å². The van der Waals surface area contributed by atoms with Crippen LogP contribution in [0.5, 0.6) is 0 Å². The highest BCUT2D eigenvalue weighted by Crippen LogP contribution is 2.29. The molecule has 0 aromatic heterocycles. The summed E-state index contributed by atoms with van der Waals surface area (Å²) < 4.78 is 0. The molecule has 1 atom stereocenters. The first kappa shape index (κ1) is 15.4. The summed E-state index contributed by atoms with van der Waals surface area (Å²) in [4.78, 5) is 25.0. The average molecular weight is 330 g/mol. The normalized spacial score (nSPS) is 17.3. The van der Waals surface area contributed by atoms with Crippen LogP contribution in [0.4, 0.5) is 11.4 Å². The van der Waals surface area contributed by atoms with Crippen LogP contribution in [0.25, 0.3) is 0 Å². The minimum atomic E-state index is -0.461. The summed E-state index contributed by atoms with van der Waals surface area (Å²) in [6, 6.07) is 14.2. The third-order valence-electron chi connectivity index (χ3n) is 3.81. The standard InChI is InChI=1S/C17H16ClN3O2/c18-14-3-1-2-4-15(14)21-10-13(9-16(21)22)20-12-7-5-11(6-8-12)17(19)23/h1-8,13,20H,9-10H2,(H2,19,23). The molecule has 1 unspecified atom stereocenters. The fourth-order valence-electron chi connectivity index (χ4n) is 2.67. The molecule has 23 heavy (non-hydrogen) atoms. The molecule has 3 N–H and O–H groups in total. The lowest BCUT2D eigenvalue weighted by Gasteiger charge is -2.19. The van der Waals surface area contributed by atoms with Gasteiger partial charge < -0.3 is 16.0 Å². The molecule has 0 aliphatic carbocycles. The molecule has 0 bridgehead atoms. The number of carbonyl (C=O) groups is 2. The molecule has 0 spiro atoms. The molecule has 118 valence electrons. The zero-order valence-electron chi connectivity index (χ0n) is 12.3. The lowest BCUT2D eigenvalue weighted by Crippen LogP contribution is -2.27. The van der Waals surface area contributed by atoms with Gasteiger partial charge in [-0.2, -0.15) is 0 Å². The number of hydrogen-bond donors (Lipinski definition) is 2. The molecule has 2 aromatic carbocycles. The Hall–Kier alpha value is -2.53. The molecular formula is C17H16ClN3O2. The molecule has 5 nitrogen and oxygen atoms in total. The van der Waals surface area contributed by atoms with Crippen LogP contribution in [0.1, 0.15) is 16.8 Å². The third-order valence-corrected chi connectivity index (χ3v) is 4.13. The number of benzene rings is 2. The quantitative estimate of drug-likeness (QED) is 0.905. The molecule has 1 aliphatic rings. The molecule has 0 saturated carbocycles. The van der Waals surface area contributed by atoms with E-state index in [1.807, 2.05) is 18.2 Å². The fourth-order valence-corrected chi connectivity index (χ4v) is 2.91. The van der Waals surface area contributed by atoms with Gasteiger partial charge in [0.2, 0.25) is 11.8 Å². The molecular weight excluding hydrogens is 314 g/mol. The van der Waals surface area contributed by atoms with E-state index in [1.165, 1.54) is 0 Å². The van der Waals surface area contributed by atoms with E-state index >= 15 is 0 Å². The van der Waals surface area contributed by atoms with Crippen molar-refractivity contribution in [3.63, 3.8) is 0 Å². The lowest BCUT2D eigenvalue weighted by molar-refractivity contribution is -0.117. The van der Waals surface area contributed by atoms with Crippen LogP contribution >= 0.6 is 11.6 Å². The summed E-state index contributed by atoms with van der Waals surface area (Å²) in [6.07, 6.45) is 0.392. The van der Waals surface area contributed by atoms with E-state index < -0.39 is 5.91 Å². The summed E-state index contributed by atoms with van der Waals surface area (Å²) in [5.74, 6) is -0.429. The van der Waals surface area contributed by atoms with Gasteiger partial charge in [-0.15, -0.1) is 0 Å². The van der Waals surface area contributed by atoms with Crippen molar-refractivity contribution in [3.8, 4) is 0 Å². The zero-order valence-corrected chi connectivity index (χ0v) is 13.1. The van der Waals surface area contributed by atoms with Crippen molar-refractivity contribution in [1.29, 1.82) is 0 Å². The second-order valence-corrected chi connectivity index (χ2v) is 5.85. The van der Waals surface area contributed by atoms with Crippen molar-refractivity contribution in [2.24, 2.45) is 5.73 Å². The number of amides is 2. The van der Waals surface area contributed by atoms with E-state index in [4.69, 9.17) is 17.3 Å². The van der Waals surface area contributed by atoms with E-state index in [1.54, 1.807) is 35.2 Å². The predicted octanol–water partition coefficient (Wildman–Crippen LogP) is 2.66. The van der Waals surface area contributed by atoms with Crippen LogP contribution in [0.2, 0.25) is 5.02 Å². The Morgan fingerprint density at radius 2 is 1.87 bits per heavy atom. The molecule has 1 fully saturated rings. The maximum Gasteiger partial charge on any atom is 0.248 e. The topological polar surface area (TPSA) is 75.4 Å². The molecule has 2 aromatic rings. The van der Waals surface area contributed by atoms with Gasteiger partial charge in [0, 0.05) is 24.2 Å². The summed E-state index contributed by atoms with van der Waals surface area (Å²) in [5, 5.41) is 3.86. The van der Waals surface area contributed by atoms with Gasteiger partial charge in [0.15, 0.2) is 0 Å². The number of primary amides is 1. The van der Waals surface area contributed by atoms with Gasteiger partial charge in [0.05, 0.1) is 16.8 Å². The number of carbonyl (C=O) groups excluding carboxylic acids is 2. The number of hydrogen-bond acceptors (Lipinski definition) is 3. The van der Waals surface area contributed by atoms with Crippen LogP contribution < -0.4 is 16.0 Å². The molecule has 1 heterocycles. The minimum absolute atomic E-state index is 0.0156. The Balaban J connectivity index is 1.70. The van der Waals surface area contributed by atoms with Gasteiger partial charge in [0.25, 0.3) is 0 Å². The monoisotopic (exact) mass is 329 g/mol. The van der Waals surface area contributed by atoms with E-state index in [0.29, 0.717) is 23.6 Å². The Morgan fingerprint density at radius 3 is 2.52 bits per heavy atom. The van der Waals surface area contributed by atoms with Gasteiger partial charge in [0.1, 0.15) is 0 Å². The molecule has 6 heteroatoms. The molecule has 2 amide bonds. The number of nitrogens with zero attached hydrogens (tertiary/aromatic N) is 1. The van der Waals surface area contributed by atoms with E-state index in [2.05, 4.69) is 5.32 Å². The van der Waals surface area contributed by atoms with Crippen LogP contribution in [0, 0.1) is 0 Å². The van der Waals surface area contributed by atoms with Crippen LogP contribution in [-0.4, -0.2) is 24.4 Å². The lowest BCUT2D eigenvalue weighted by atomic mass is 10.2. The van der Waals surface area contributed by atoms with E-state index in [9.17, 15) is 9.59 Å². The second-order valence-electron chi connectivity index (χ2n) is 5.44. The molecule has 1 saturated heterocycles. The van der Waals surface area contributed by atoms with Crippen molar-refractivity contribution in [3.05, 3.63) is 59.1 Å². The predicted molar refractivity (Wildman–Crippen MR) is 90.8 cm³/mol. The highest BCUT2D eigenvalue weighted by Gasteiger charge is 2.31. The van der Waals surface area contributed by atoms with Crippen molar-refractivity contribution in [2.75, 3.05) is 16.8 Å². The van der Waals surface area contributed by atoms with Crippen molar-refractivity contribution in [2.45, 2.75) is 12.5 Å². The molecule has 1 aliphatic heterocycles. The first-order chi connectivity index (χ1) is 11.0. The number of anilines is 2. The first-order valence-electron chi connectivity index (χ1n) is 7.26. The summed E-state index contributed by atoms with van der Waals surface area (Å²) in [5.41, 5.74) is 7.24. The number of rotatable bonds is 4. The molecule has 3 rings (SSSR count). The Morgan fingerprint density at radius 1 is 1.17 bits per heavy atom. The Bertz CT molecular complexity index is 746. The summed E-state index contributed by atoms with van der Waals surface area (Å²) >= 11 is 6.17.